The fourth-order valence-electron chi connectivity index (χ4n) is 3.82. The number of thioether (sulfide) groups is 1. The van der Waals surface area contributed by atoms with Crippen molar-refractivity contribution >= 4 is 11.8 Å². The zero-order chi connectivity index (χ0) is 14.4. The van der Waals surface area contributed by atoms with E-state index in [1.807, 2.05) is 11.8 Å². The second-order valence-electron chi connectivity index (χ2n) is 5.89. The van der Waals surface area contributed by atoms with E-state index in [-0.39, 0.29) is 0 Å². The second kappa shape index (κ2) is 8.09. The summed E-state index contributed by atoms with van der Waals surface area (Å²) in [7, 11) is 0. The van der Waals surface area contributed by atoms with Crippen LogP contribution < -0.4 is 5.32 Å². The Morgan fingerprint density at radius 1 is 1.20 bits per heavy atom. The maximum atomic E-state index is 3.79. The Labute approximate surface area is 128 Å². The highest BCUT2D eigenvalue weighted by Crippen LogP contribution is 2.42. The van der Waals surface area contributed by atoms with Crippen LogP contribution in [0.5, 0.6) is 0 Å². The lowest BCUT2D eigenvalue weighted by atomic mass is 9.72. The van der Waals surface area contributed by atoms with E-state index in [1.165, 1.54) is 42.6 Å². The van der Waals surface area contributed by atoms with Gasteiger partial charge in [0.15, 0.2) is 0 Å². The smallest absolute Gasteiger partial charge is 0.0362 e. The molecule has 0 bridgehead atoms. The summed E-state index contributed by atoms with van der Waals surface area (Å²) in [5, 5.41) is 3.79. The van der Waals surface area contributed by atoms with Gasteiger partial charge in [-0.2, -0.15) is 0 Å². The maximum Gasteiger partial charge on any atom is 0.0362 e. The summed E-state index contributed by atoms with van der Waals surface area (Å²) in [5.41, 5.74) is 1.52. The van der Waals surface area contributed by atoms with Crippen LogP contribution in [0.2, 0.25) is 0 Å². The molecule has 112 valence electrons. The van der Waals surface area contributed by atoms with Crippen LogP contribution in [0.3, 0.4) is 0 Å². The van der Waals surface area contributed by atoms with E-state index in [9.17, 15) is 0 Å². The first kappa shape index (κ1) is 15.9. The van der Waals surface area contributed by atoms with Crippen molar-refractivity contribution in [2.45, 2.75) is 56.9 Å². The van der Waals surface area contributed by atoms with E-state index in [4.69, 9.17) is 0 Å². The third-order valence-corrected chi connectivity index (χ3v) is 5.63. The van der Waals surface area contributed by atoms with Crippen LogP contribution in [0, 0.1) is 11.8 Å². The molecule has 0 aromatic heterocycles. The molecule has 2 rings (SSSR count). The highest BCUT2D eigenvalue weighted by molar-refractivity contribution is 7.98. The SMILES string of the molecule is CCNC(c1ccccc1SC)C1CCCCC1CC. The highest BCUT2D eigenvalue weighted by Gasteiger charge is 2.32. The number of nitrogens with one attached hydrogen (secondary N) is 1. The van der Waals surface area contributed by atoms with E-state index in [2.05, 4.69) is 49.7 Å². The number of benzene rings is 1. The average Bonchev–Trinajstić information content (AvgIpc) is 2.52. The molecule has 1 aromatic rings. The van der Waals surface area contributed by atoms with Crippen molar-refractivity contribution in [3.05, 3.63) is 29.8 Å². The third-order valence-electron chi connectivity index (χ3n) is 4.82. The molecule has 1 saturated carbocycles. The second-order valence-corrected chi connectivity index (χ2v) is 6.74. The van der Waals surface area contributed by atoms with Gasteiger partial charge >= 0.3 is 0 Å². The Kier molecular flexibility index (Phi) is 6.44. The quantitative estimate of drug-likeness (QED) is 0.716. The summed E-state index contributed by atoms with van der Waals surface area (Å²) in [6, 6.07) is 9.50. The highest BCUT2D eigenvalue weighted by atomic mass is 32.2. The molecule has 1 N–H and O–H groups in total. The molecule has 1 fully saturated rings. The lowest BCUT2D eigenvalue weighted by Gasteiger charge is -2.38. The zero-order valence-corrected chi connectivity index (χ0v) is 14.0. The molecule has 0 spiro atoms. The molecule has 3 unspecified atom stereocenters. The molecule has 0 saturated heterocycles. The van der Waals surface area contributed by atoms with Crippen LogP contribution in [0.15, 0.2) is 29.2 Å². The van der Waals surface area contributed by atoms with Crippen molar-refractivity contribution < 1.29 is 0 Å². The number of hydrogen-bond acceptors (Lipinski definition) is 2. The van der Waals surface area contributed by atoms with Crippen molar-refractivity contribution in [3.63, 3.8) is 0 Å². The fourth-order valence-corrected chi connectivity index (χ4v) is 4.46. The van der Waals surface area contributed by atoms with Crippen molar-refractivity contribution in [1.82, 2.24) is 5.32 Å². The topological polar surface area (TPSA) is 12.0 Å². The first-order chi connectivity index (χ1) is 9.81. The lowest BCUT2D eigenvalue weighted by molar-refractivity contribution is 0.175. The van der Waals surface area contributed by atoms with Crippen LogP contribution in [0.1, 0.15) is 57.6 Å². The molecule has 0 aliphatic heterocycles. The lowest BCUT2D eigenvalue weighted by Crippen LogP contribution is -2.34. The number of rotatable bonds is 6. The van der Waals surface area contributed by atoms with Gasteiger partial charge in [-0.15, -0.1) is 11.8 Å². The predicted molar refractivity (Wildman–Crippen MR) is 90.4 cm³/mol. The molecule has 0 amide bonds. The van der Waals surface area contributed by atoms with Gasteiger partial charge in [0, 0.05) is 10.9 Å². The molecule has 1 aromatic carbocycles. The Morgan fingerprint density at radius 2 is 1.95 bits per heavy atom. The molecule has 0 heterocycles. The van der Waals surface area contributed by atoms with Crippen molar-refractivity contribution in [1.29, 1.82) is 0 Å². The molecule has 3 atom stereocenters. The van der Waals surface area contributed by atoms with Gasteiger partial charge in [0.1, 0.15) is 0 Å². The summed E-state index contributed by atoms with van der Waals surface area (Å²) in [5.74, 6) is 1.70. The van der Waals surface area contributed by atoms with Crippen molar-refractivity contribution in [2.75, 3.05) is 12.8 Å². The first-order valence-electron chi connectivity index (χ1n) is 8.18. The largest absolute Gasteiger partial charge is 0.310 e. The molecule has 0 radical (unpaired) electrons. The van der Waals surface area contributed by atoms with E-state index in [0.29, 0.717) is 6.04 Å². The van der Waals surface area contributed by atoms with E-state index in [1.54, 1.807) is 0 Å². The average molecular weight is 292 g/mol. The monoisotopic (exact) mass is 291 g/mol. The predicted octanol–water partition coefficient (Wildman–Crippen LogP) is 5.28. The van der Waals surface area contributed by atoms with Crippen molar-refractivity contribution in [3.8, 4) is 0 Å². The maximum absolute atomic E-state index is 3.79. The molecular formula is C18H29NS. The summed E-state index contributed by atoms with van der Waals surface area (Å²) in [6.45, 7) is 5.66. The molecule has 1 aliphatic carbocycles. The number of hydrogen-bond donors (Lipinski definition) is 1. The first-order valence-corrected chi connectivity index (χ1v) is 9.40. The van der Waals surface area contributed by atoms with Crippen molar-refractivity contribution in [2.24, 2.45) is 11.8 Å². The molecule has 2 heteroatoms. The van der Waals surface area contributed by atoms with Gasteiger partial charge < -0.3 is 5.32 Å². The Bertz CT molecular complexity index is 404. The van der Waals surface area contributed by atoms with Crippen LogP contribution in [-0.4, -0.2) is 12.8 Å². The van der Waals surface area contributed by atoms with E-state index < -0.39 is 0 Å². The summed E-state index contributed by atoms with van der Waals surface area (Å²) in [6.07, 6.45) is 9.17. The summed E-state index contributed by atoms with van der Waals surface area (Å²) >= 11 is 1.88. The third kappa shape index (κ3) is 3.59. The van der Waals surface area contributed by atoms with Crippen LogP contribution in [0.25, 0.3) is 0 Å². The molecular weight excluding hydrogens is 262 g/mol. The summed E-state index contributed by atoms with van der Waals surface area (Å²) in [4.78, 5) is 1.44. The summed E-state index contributed by atoms with van der Waals surface area (Å²) < 4.78 is 0. The van der Waals surface area contributed by atoms with Crippen LogP contribution >= 0.6 is 11.8 Å². The Balaban J connectivity index is 2.29. The van der Waals surface area contributed by atoms with Gasteiger partial charge in [-0.3, -0.25) is 0 Å². The molecule has 1 aliphatic rings. The van der Waals surface area contributed by atoms with E-state index in [0.717, 1.165) is 18.4 Å². The Morgan fingerprint density at radius 3 is 2.65 bits per heavy atom. The standard InChI is InChI=1S/C18H29NS/c1-4-14-10-6-7-11-15(14)18(19-5-2)16-12-8-9-13-17(16)20-3/h8-9,12-15,18-19H,4-7,10-11H2,1-3H3. The zero-order valence-electron chi connectivity index (χ0n) is 13.2. The fraction of sp³-hybridized carbons (Fsp3) is 0.667. The molecule has 1 nitrogen and oxygen atoms in total. The van der Waals surface area contributed by atoms with Gasteiger partial charge in [0.05, 0.1) is 0 Å². The normalized spacial score (nSPS) is 24.6. The van der Waals surface area contributed by atoms with Gasteiger partial charge in [-0.1, -0.05) is 57.7 Å². The minimum Gasteiger partial charge on any atom is -0.310 e. The van der Waals surface area contributed by atoms with Gasteiger partial charge in [0.2, 0.25) is 0 Å². The van der Waals surface area contributed by atoms with E-state index >= 15 is 0 Å². The minimum atomic E-state index is 0.536. The van der Waals surface area contributed by atoms with Gasteiger partial charge in [0.25, 0.3) is 0 Å². The van der Waals surface area contributed by atoms with Gasteiger partial charge in [-0.05, 0) is 42.7 Å². The Hall–Kier alpha value is -0.470. The minimum absolute atomic E-state index is 0.536. The van der Waals surface area contributed by atoms with Crippen LogP contribution in [-0.2, 0) is 0 Å². The van der Waals surface area contributed by atoms with Gasteiger partial charge in [-0.25, -0.2) is 0 Å². The van der Waals surface area contributed by atoms with Crippen LogP contribution in [0.4, 0.5) is 0 Å². The molecule has 20 heavy (non-hydrogen) atoms.